The second kappa shape index (κ2) is 11.2. The van der Waals surface area contributed by atoms with Crippen LogP contribution in [-0.4, -0.2) is 31.3 Å². The van der Waals surface area contributed by atoms with Crippen molar-refractivity contribution in [2.75, 3.05) is 29.6 Å². The van der Waals surface area contributed by atoms with Crippen LogP contribution in [0, 0.1) is 5.82 Å². The molecule has 3 rings (SSSR count). The molecule has 0 heterocycles. The highest BCUT2D eigenvalue weighted by atomic mass is 35.5. The first-order valence-electron chi connectivity index (χ1n) is 9.59. The van der Waals surface area contributed by atoms with Gasteiger partial charge in [-0.15, -0.1) is 11.8 Å². The van der Waals surface area contributed by atoms with E-state index in [-0.39, 0.29) is 23.7 Å². The maximum Gasteiger partial charge on any atom is 0.319 e. The van der Waals surface area contributed by atoms with Crippen molar-refractivity contribution in [2.45, 2.75) is 4.90 Å². The van der Waals surface area contributed by atoms with Gasteiger partial charge in [-0.3, -0.25) is 4.79 Å². The molecule has 0 fully saturated rings. The molecule has 9 heteroatoms. The van der Waals surface area contributed by atoms with Gasteiger partial charge in [0, 0.05) is 34.4 Å². The molecule has 0 saturated heterocycles. The minimum Gasteiger partial charge on any atom is -0.336 e. The van der Waals surface area contributed by atoms with E-state index in [2.05, 4.69) is 10.6 Å². The van der Waals surface area contributed by atoms with Gasteiger partial charge >= 0.3 is 6.03 Å². The van der Waals surface area contributed by atoms with E-state index in [4.69, 9.17) is 23.2 Å². The lowest BCUT2D eigenvalue weighted by Gasteiger charge is -2.24. The van der Waals surface area contributed by atoms with Crippen LogP contribution in [0.4, 0.5) is 20.6 Å². The summed E-state index contributed by atoms with van der Waals surface area (Å²) in [4.78, 5) is 27.9. The number of halogens is 3. The number of thioether (sulfide) groups is 1. The van der Waals surface area contributed by atoms with Crippen LogP contribution in [0.1, 0.15) is 10.4 Å². The van der Waals surface area contributed by atoms with E-state index >= 15 is 0 Å². The minimum absolute atomic E-state index is 0.141. The third-order valence-electron chi connectivity index (χ3n) is 4.51. The highest BCUT2D eigenvalue weighted by molar-refractivity contribution is 7.98. The lowest BCUT2D eigenvalue weighted by Crippen LogP contribution is -2.40. The average molecular weight is 492 g/mol. The van der Waals surface area contributed by atoms with Gasteiger partial charge < -0.3 is 15.5 Å². The molecule has 3 aromatic carbocycles. The zero-order valence-corrected chi connectivity index (χ0v) is 19.4. The van der Waals surface area contributed by atoms with E-state index < -0.39 is 17.8 Å². The zero-order chi connectivity index (χ0) is 23.1. The first kappa shape index (κ1) is 23.9. The Labute approximate surface area is 199 Å². The normalized spacial score (nSPS) is 10.5. The van der Waals surface area contributed by atoms with Gasteiger partial charge in [0.25, 0.3) is 5.91 Å². The lowest BCUT2D eigenvalue weighted by molar-refractivity contribution is 0.0987. The number of hydrogen-bond acceptors (Lipinski definition) is 3. The van der Waals surface area contributed by atoms with Gasteiger partial charge in [-0.05, 0) is 73.0 Å². The van der Waals surface area contributed by atoms with Gasteiger partial charge in [0.2, 0.25) is 0 Å². The van der Waals surface area contributed by atoms with Crippen molar-refractivity contribution in [1.82, 2.24) is 5.32 Å². The van der Waals surface area contributed by atoms with Crippen molar-refractivity contribution in [3.63, 3.8) is 0 Å². The lowest BCUT2D eigenvalue weighted by atomic mass is 10.1. The fourth-order valence-corrected chi connectivity index (χ4v) is 3.81. The number of hydrogen-bond donors (Lipinski definition) is 2. The van der Waals surface area contributed by atoms with Crippen LogP contribution in [0.2, 0.25) is 10.0 Å². The summed E-state index contributed by atoms with van der Waals surface area (Å²) in [6.45, 7) is 0.297. The van der Waals surface area contributed by atoms with Crippen molar-refractivity contribution < 1.29 is 14.0 Å². The summed E-state index contributed by atoms with van der Waals surface area (Å²) in [7, 11) is 0. The number of anilines is 2. The van der Waals surface area contributed by atoms with E-state index in [9.17, 15) is 14.0 Å². The first-order valence-corrected chi connectivity index (χ1v) is 11.6. The summed E-state index contributed by atoms with van der Waals surface area (Å²) < 4.78 is 13.4. The number of nitrogens with one attached hydrogen (secondary N) is 2. The van der Waals surface area contributed by atoms with Gasteiger partial charge in [0.05, 0.1) is 10.6 Å². The predicted octanol–water partition coefficient (Wildman–Crippen LogP) is 6.32. The molecule has 0 aliphatic rings. The number of carbonyl (C=O) groups excluding carboxylic acids is 2. The SMILES string of the molecule is CSc1ccc(NC(=O)NCCN(C(=O)c2ccc(Cl)cc2Cl)c2ccc(F)cc2)cc1. The molecule has 32 heavy (non-hydrogen) atoms. The first-order chi connectivity index (χ1) is 15.4. The highest BCUT2D eigenvalue weighted by Gasteiger charge is 2.20. The second-order valence-electron chi connectivity index (χ2n) is 6.67. The zero-order valence-electron chi connectivity index (χ0n) is 17.1. The smallest absolute Gasteiger partial charge is 0.319 e. The number of benzene rings is 3. The van der Waals surface area contributed by atoms with Crippen molar-refractivity contribution in [3.05, 3.63) is 88.2 Å². The van der Waals surface area contributed by atoms with Gasteiger partial charge in [0.1, 0.15) is 5.82 Å². The molecule has 0 atom stereocenters. The van der Waals surface area contributed by atoms with E-state index in [1.54, 1.807) is 17.8 Å². The van der Waals surface area contributed by atoms with Gasteiger partial charge in [-0.2, -0.15) is 0 Å². The Morgan fingerprint density at radius 3 is 2.31 bits per heavy atom. The van der Waals surface area contributed by atoms with Crippen molar-refractivity contribution in [2.24, 2.45) is 0 Å². The topological polar surface area (TPSA) is 61.4 Å². The monoisotopic (exact) mass is 491 g/mol. The fourth-order valence-electron chi connectivity index (χ4n) is 2.91. The van der Waals surface area contributed by atoms with Crippen molar-refractivity contribution in [3.8, 4) is 0 Å². The molecular weight excluding hydrogens is 472 g/mol. The molecule has 0 aromatic heterocycles. The molecule has 0 spiro atoms. The minimum atomic E-state index is -0.421. The van der Waals surface area contributed by atoms with Crippen LogP contribution < -0.4 is 15.5 Å². The Morgan fingerprint density at radius 1 is 1.00 bits per heavy atom. The molecule has 0 saturated carbocycles. The molecule has 0 radical (unpaired) electrons. The highest BCUT2D eigenvalue weighted by Crippen LogP contribution is 2.25. The van der Waals surface area contributed by atoms with Gasteiger partial charge in [0.15, 0.2) is 0 Å². The van der Waals surface area contributed by atoms with Gasteiger partial charge in [-0.25, -0.2) is 9.18 Å². The van der Waals surface area contributed by atoms with E-state index in [0.717, 1.165) is 4.90 Å². The van der Waals surface area contributed by atoms with Crippen LogP contribution in [-0.2, 0) is 0 Å². The Balaban J connectivity index is 1.69. The van der Waals surface area contributed by atoms with Gasteiger partial charge in [-0.1, -0.05) is 23.2 Å². The van der Waals surface area contributed by atoms with E-state index in [0.29, 0.717) is 16.4 Å². The van der Waals surface area contributed by atoms with E-state index in [1.807, 2.05) is 30.5 Å². The second-order valence-corrected chi connectivity index (χ2v) is 8.39. The number of rotatable bonds is 7. The predicted molar refractivity (Wildman–Crippen MR) is 130 cm³/mol. The molecule has 166 valence electrons. The molecule has 3 aromatic rings. The molecule has 0 aliphatic heterocycles. The van der Waals surface area contributed by atoms with Crippen LogP contribution in [0.3, 0.4) is 0 Å². The number of carbonyl (C=O) groups is 2. The summed E-state index contributed by atoms with van der Waals surface area (Å²) in [5, 5.41) is 6.08. The molecule has 0 bridgehead atoms. The summed E-state index contributed by atoms with van der Waals surface area (Å²) in [5.74, 6) is -0.816. The number of amides is 3. The molecular formula is C23H20Cl2FN3O2S. The number of urea groups is 1. The fraction of sp³-hybridized carbons (Fsp3) is 0.130. The third-order valence-corrected chi connectivity index (χ3v) is 5.81. The Morgan fingerprint density at radius 2 is 1.69 bits per heavy atom. The van der Waals surface area contributed by atoms with E-state index in [1.165, 1.54) is 41.3 Å². The van der Waals surface area contributed by atoms with Crippen molar-refractivity contribution >= 4 is 58.3 Å². The summed E-state index contributed by atoms with van der Waals surface area (Å²) in [6.07, 6.45) is 1.97. The summed E-state index contributed by atoms with van der Waals surface area (Å²) in [6, 6.07) is 17.1. The maximum atomic E-state index is 13.4. The molecule has 2 N–H and O–H groups in total. The third kappa shape index (κ3) is 6.38. The number of nitrogens with zero attached hydrogens (tertiary/aromatic N) is 1. The Hall–Kier alpha value is -2.74. The van der Waals surface area contributed by atoms with Crippen LogP contribution in [0.15, 0.2) is 71.6 Å². The quantitative estimate of drug-likeness (QED) is 0.380. The molecule has 3 amide bonds. The molecule has 5 nitrogen and oxygen atoms in total. The average Bonchev–Trinajstić information content (AvgIpc) is 2.78. The largest absolute Gasteiger partial charge is 0.336 e. The Bertz CT molecular complexity index is 1100. The van der Waals surface area contributed by atoms with Crippen LogP contribution in [0.5, 0.6) is 0 Å². The van der Waals surface area contributed by atoms with Crippen LogP contribution >= 0.6 is 35.0 Å². The molecule has 0 unspecified atom stereocenters. The van der Waals surface area contributed by atoms with Crippen LogP contribution in [0.25, 0.3) is 0 Å². The van der Waals surface area contributed by atoms with Crippen molar-refractivity contribution in [1.29, 1.82) is 0 Å². The summed E-state index contributed by atoms with van der Waals surface area (Å²) >= 11 is 13.7. The summed E-state index contributed by atoms with van der Waals surface area (Å²) in [5.41, 5.74) is 1.37. The Kier molecular flexibility index (Phi) is 8.39. The standard InChI is InChI=1S/C23H20Cl2FN3O2S/c1-32-19-9-5-17(6-10-19)28-23(31)27-12-13-29(18-7-3-16(26)4-8-18)22(30)20-11-2-15(24)14-21(20)25/h2-11,14H,12-13H2,1H3,(H2,27,28,31). The molecule has 0 aliphatic carbocycles. The maximum absolute atomic E-state index is 13.4.